The van der Waals surface area contributed by atoms with Crippen LogP contribution in [0.2, 0.25) is 0 Å². The molecule has 0 saturated heterocycles. The number of hydrogen-bond donors (Lipinski definition) is 1. The van der Waals surface area contributed by atoms with Gasteiger partial charge in [0.25, 0.3) is 0 Å². The van der Waals surface area contributed by atoms with E-state index >= 15 is 0 Å². The van der Waals surface area contributed by atoms with Crippen LogP contribution in [0.1, 0.15) is 0 Å². The first-order valence-electron chi connectivity index (χ1n) is 2.45. The molecule has 1 heterocycles. The summed E-state index contributed by atoms with van der Waals surface area (Å²) in [5.41, 5.74) is 0. The number of nitriles is 2. The van der Waals surface area contributed by atoms with Crippen LogP contribution in [0.4, 0.5) is 0 Å². The third kappa shape index (κ3) is 0.824. The predicted octanol–water partition coefficient (Wildman–Crippen LogP) is -0.598. The standard InChI is InChI=1S/C5H4N4/c6-1-4-5(2-7)9-3-8-4/h3-5H,(H,8,9). The number of rotatable bonds is 0. The second-order valence-corrected chi connectivity index (χ2v) is 1.63. The average Bonchev–Trinajstić information content (AvgIpc) is 2.33. The molecule has 1 aliphatic rings. The maximum absolute atomic E-state index is 8.32. The van der Waals surface area contributed by atoms with Gasteiger partial charge in [0.15, 0.2) is 12.1 Å². The molecule has 0 aromatic carbocycles. The molecule has 2 unspecified atom stereocenters. The van der Waals surface area contributed by atoms with Gasteiger partial charge in [0, 0.05) is 0 Å². The van der Waals surface area contributed by atoms with E-state index in [1.165, 1.54) is 6.34 Å². The van der Waals surface area contributed by atoms with Gasteiger partial charge < -0.3 is 5.32 Å². The maximum atomic E-state index is 8.32. The Kier molecular flexibility index (Phi) is 1.33. The monoisotopic (exact) mass is 120 g/mol. The lowest BCUT2D eigenvalue weighted by molar-refractivity contribution is 0.724. The van der Waals surface area contributed by atoms with Crippen LogP contribution in [0, 0.1) is 22.7 Å². The number of hydrogen-bond acceptors (Lipinski definition) is 4. The molecular weight excluding hydrogens is 116 g/mol. The molecule has 0 fully saturated rings. The third-order valence-corrected chi connectivity index (χ3v) is 1.08. The molecule has 0 aromatic heterocycles. The number of aliphatic imine (C=N–C) groups is 1. The minimum atomic E-state index is -0.519. The molecule has 4 heteroatoms. The van der Waals surface area contributed by atoms with Crippen LogP contribution in [0.15, 0.2) is 4.99 Å². The Bertz CT molecular complexity index is 206. The summed E-state index contributed by atoms with van der Waals surface area (Å²) in [7, 11) is 0. The molecule has 44 valence electrons. The van der Waals surface area contributed by atoms with E-state index in [4.69, 9.17) is 10.5 Å². The fourth-order valence-corrected chi connectivity index (χ4v) is 0.597. The summed E-state index contributed by atoms with van der Waals surface area (Å²) in [6.07, 6.45) is 1.39. The fraction of sp³-hybridized carbons (Fsp3) is 0.400. The minimum absolute atomic E-state index is 0.449. The highest BCUT2D eigenvalue weighted by molar-refractivity contribution is 5.60. The van der Waals surface area contributed by atoms with E-state index in [1.807, 2.05) is 12.1 Å². The fourth-order valence-electron chi connectivity index (χ4n) is 0.597. The van der Waals surface area contributed by atoms with Crippen molar-refractivity contribution in [3.8, 4) is 12.1 Å². The summed E-state index contributed by atoms with van der Waals surface area (Å²) in [5, 5.41) is 19.3. The van der Waals surface area contributed by atoms with Gasteiger partial charge in [0.05, 0.1) is 18.5 Å². The summed E-state index contributed by atoms with van der Waals surface area (Å²) in [5.74, 6) is 0. The Morgan fingerprint density at radius 2 is 2.22 bits per heavy atom. The van der Waals surface area contributed by atoms with Crippen molar-refractivity contribution in [1.29, 1.82) is 10.5 Å². The lowest BCUT2D eigenvalue weighted by Gasteiger charge is -1.99. The normalized spacial score (nSPS) is 30.4. The van der Waals surface area contributed by atoms with E-state index < -0.39 is 12.1 Å². The largest absolute Gasteiger partial charge is 0.358 e. The van der Waals surface area contributed by atoms with Crippen LogP contribution in [0.3, 0.4) is 0 Å². The van der Waals surface area contributed by atoms with Crippen molar-refractivity contribution < 1.29 is 0 Å². The summed E-state index contributed by atoms with van der Waals surface area (Å²) < 4.78 is 0. The molecule has 0 radical (unpaired) electrons. The van der Waals surface area contributed by atoms with E-state index in [0.717, 1.165) is 0 Å². The average molecular weight is 120 g/mol. The predicted molar refractivity (Wildman–Crippen MR) is 30.4 cm³/mol. The molecule has 1 rings (SSSR count). The molecule has 0 aliphatic carbocycles. The van der Waals surface area contributed by atoms with Gasteiger partial charge in [-0.05, 0) is 0 Å². The Labute approximate surface area is 52.4 Å². The number of nitrogens with one attached hydrogen (secondary N) is 1. The van der Waals surface area contributed by atoms with Crippen molar-refractivity contribution >= 4 is 6.34 Å². The zero-order valence-electron chi connectivity index (χ0n) is 4.57. The molecule has 2 atom stereocenters. The molecular formula is C5H4N4. The van der Waals surface area contributed by atoms with Crippen molar-refractivity contribution in [2.24, 2.45) is 4.99 Å². The molecule has 9 heavy (non-hydrogen) atoms. The topological polar surface area (TPSA) is 72.0 Å². The summed E-state index contributed by atoms with van der Waals surface area (Å²) in [4.78, 5) is 3.69. The second-order valence-electron chi connectivity index (χ2n) is 1.63. The van der Waals surface area contributed by atoms with Crippen molar-refractivity contribution in [3.05, 3.63) is 0 Å². The lowest BCUT2D eigenvalue weighted by Crippen LogP contribution is -2.28. The minimum Gasteiger partial charge on any atom is -0.358 e. The third-order valence-electron chi connectivity index (χ3n) is 1.08. The van der Waals surface area contributed by atoms with Crippen molar-refractivity contribution in [2.75, 3.05) is 0 Å². The first-order chi connectivity index (χ1) is 4.38. The van der Waals surface area contributed by atoms with Gasteiger partial charge in [0.2, 0.25) is 0 Å². The molecule has 0 amide bonds. The van der Waals surface area contributed by atoms with E-state index in [0.29, 0.717) is 0 Å². The molecule has 1 aliphatic heterocycles. The highest BCUT2D eigenvalue weighted by Crippen LogP contribution is 1.99. The Morgan fingerprint density at radius 3 is 2.67 bits per heavy atom. The lowest BCUT2D eigenvalue weighted by atomic mass is 10.2. The molecule has 0 spiro atoms. The second kappa shape index (κ2) is 2.15. The van der Waals surface area contributed by atoms with Crippen molar-refractivity contribution in [3.63, 3.8) is 0 Å². The highest BCUT2D eigenvalue weighted by Gasteiger charge is 2.22. The Balaban J connectivity index is 2.65. The van der Waals surface area contributed by atoms with Crippen molar-refractivity contribution in [2.45, 2.75) is 12.1 Å². The molecule has 0 aromatic rings. The molecule has 4 nitrogen and oxygen atoms in total. The van der Waals surface area contributed by atoms with Gasteiger partial charge in [-0.15, -0.1) is 0 Å². The number of nitrogens with zero attached hydrogens (tertiary/aromatic N) is 3. The van der Waals surface area contributed by atoms with Crippen LogP contribution >= 0.6 is 0 Å². The highest BCUT2D eigenvalue weighted by atomic mass is 15.1. The van der Waals surface area contributed by atoms with Gasteiger partial charge in [-0.25, -0.2) is 0 Å². The first-order valence-corrected chi connectivity index (χ1v) is 2.45. The van der Waals surface area contributed by atoms with E-state index in [-0.39, 0.29) is 0 Å². The van der Waals surface area contributed by atoms with E-state index in [2.05, 4.69) is 10.3 Å². The molecule has 0 saturated carbocycles. The smallest absolute Gasteiger partial charge is 0.171 e. The Hall–Kier alpha value is -1.55. The molecule has 1 N–H and O–H groups in total. The summed E-state index contributed by atoms with van der Waals surface area (Å²) >= 11 is 0. The zero-order valence-corrected chi connectivity index (χ0v) is 4.57. The summed E-state index contributed by atoms with van der Waals surface area (Å²) in [6.45, 7) is 0. The van der Waals surface area contributed by atoms with Crippen molar-refractivity contribution in [1.82, 2.24) is 5.32 Å². The van der Waals surface area contributed by atoms with E-state index in [9.17, 15) is 0 Å². The van der Waals surface area contributed by atoms with Gasteiger partial charge in [0.1, 0.15) is 0 Å². The van der Waals surface area contributed by atoms with Gasteiger partial charge in [-0.1, -0.05) is 0 Å². The summed E-state index contributed by atoms with van der Waals surface area (Å²) in [6, 6.07) is 2.82. The van der Waals surface area contributed by atoms with E-state index in [1.54, 1.807) is 0 Å². The van der Waals surface area contributed by atoms with Crippen LogP contribution in [-0.2, 0) is 0 Å². The molecule has 0 bridgehead atoms. The Morgan fingerprint density at radius 1 is 1.44 bits per heavy atom. The maximum Gasteiger partial charge on any atom is 0.171 e. The zero-order chi connectivity index (χ0) is 6.69. The van der Waals surface area contributed by atoms with Gasteiger partial charge in [-0.2, -0.15) is 10.5 Å². The van der Waals surface area contributed by atoms with Gasteiger partial charge in [-0.3, -0.25) is 4.99 Å². The quantitative estimate of drug-likeness (QED) is 0.464. The van der Waals surface area contributed by atoms with Gasteiger partial charge >= 0.3 is 0 Å². The van der Waals surface area contributed by atoms with Crippen LogP contribution < -0.4 is 5.32 Å². The van der Waals surface area contributed by atoms with Crippen LogP contribution in [0.25, 0.3) is 0 Å². The SMILES string of the molecule is N#CC1N=CNC1C#N. The first kappa shape index (κ1) is 5.58. The van der Waals surface area contributed by atoms with Crippen LogP contribution in [-0.4, -0.2) is 18.4 Å². The van der Waals surface area contributed by atoms with Crippen LogP contribution in [0.5, 0.6) is 0 Å².